The number of fused-ring (bicyclic) bond motifs is 2. The summed E-state index contributed by atoms with van der Waals surface area (Å²) in [4.78, 5) is 12.4. The van der Waals surface area contributed by atoms with Crippen LogP contribution in [0.4, 0.5) is 17.1 Å². The summed E-state index contributed by atoms with van der Waals surface area (Å²) in [5.74, 6) is 0.715. The van der Waals surface area contributed by atoms with Gasteiger partial charge in [0, 0.05) is 27.8 Å². The molecular weight excluding hydrogens is 486 g/mol. The lowest BCUT2D eigenvalue weighted by molar-refractivity contribution is 0.632. The van der Waals surface area contributed by atoms with Crippen LogP contribution in [0, 0.1) is 0 Å². The van der Waals surface area contributed by atoms with E-state index in [-0.39, 0.29) is 5.41 Å². The first-order valence-electron chi connectivity index (χ1n) is 13.7. The third-order valence-electron chi connectivity index (χ3n) is 7.89. The largest absolute Gasteiger partial charge is 0.310 e. The van der Waals surface area contributed by atoms with E-state index in [0.717, 1.165) is 33.8 Å². The molecule has 0 N–H and O–H groups in total. The maximum absolute atomic E-state index is 5.01. The summed E-state index contributed by atoms with van der Waals surface area (Å²) in [6, 6.07) is 48.8. The number of anilines is 3. The average molecular weight is 516 g/mol. The Morgan fingerprint density at radius 2 is 0.925 bits per heavy atom. The van der Waals surface area contributed by atoms with Crippen molar-refractivity contribution in [1.29, 1.82) is 0 Å². The average Bonchev–Trinajstić information content (AvgIpc) is 3.02. The Bertz CT molecular complexity index is 1700. The summed E-state index contributed by atoms with van der Waals surface area (Å²) < 4.78 is 0. The highest BCUT2D eigenvalue weighted by molar-refractivity contribution is 5.86. The fraction of sp³-hybridized carbons (Fsp3) is 0.0811. The molecule has 1 aliphatic heterocycles. The lowest BCUT2D eigenvalue weighted by Gasteiger charge is -2.42. The molecule has 40 heavy (non-hydrogen) atoms. The second-order valence-electron chi connectivity index (χ2n) is 10.7. The van der Waals surface area contributed by atoms with Crippen molar-refractivity contribution < 1.29 is 0 Å². The zero-order chi connectivity index (χ0) is 27.1. The summed E-state index contributed by atoms with van der Waals surface area (Å²) in [6.07, 6.45) is 0. The molecule has 3 nitrogen and oxygen atoms in total. The second kappa shape index (κ2) is 9.62. The Balaban J connectivity index is 1.34. The van der Waals surface area contributed by atoms with Crippen LogP contribution < -0.4 is 4.90 Å². The van der Waals surface area contributed by atoms with Crippen LogP contribution in [0.25, 0.3) is 33.9 Å². The highest BCUT2D eigenvalue weighted by Crippen LogP contribution is 2.51. The molecule has 7 rings (SSSR count). The Hall–Kier alpha value is -5.02. The van der Waals surface area contributed by atoms with E-state index in [4.69, 9.17) is 9.97 Å². The Labute approximate surface area is 235 Å². The molecule has 0 atom stereocenters. The van der Waals surface area contributed by atoms with Crippen molar-refractivity contribution in [3.63, 3.8) is 0 Å². The number of benzene rings is 5. The molecule has 1 aromatic heterocycles. The van der Waals surface area contributed by atoms with Gasteiger partial charge in [0.2, 0.25) is 0 Å². The molecule has 0 saturated carbocycles. The molecule has 3 heteroatoms. The van der Waals surface area contributed by atoms with E-state index < -0.39 is 0 Å². The fourth-order valence-corrected chi connectivity index (χ4v) is 5.80. The van der Waals surface area contributed by atoms with Gasteiger partial charge < -0.3 is 4.90 Å². The van der Waals surface area contributed by atoms with Gasteiger partial charge in [-0.3, -0.25) is 0 Å². The first-order chi connectivity index (χ1) is 19.6. The van der Waals surface area contributed by atoms with Gasteiger partial charge in [-0.2, -0.15) is 0 Å². The summed E-state index contributed by atoms with van der Waals surface area (Å²) in [5.41, 5.74) is 11.1. The Morgan fingerprint density at radius 1 is 0.475 bits per heavy atom. The van der Waals surface area contributed by atoms with E-state index in [1.807, 2.05) is 36.4 Å². The molecule has 0 amide bonds. The van der Waals surface area contributed by atoms with Crippen molar-refractivity contribution in [2.75, 3.05) is 4.90 Å². The van der Waals surface area contributed by atoms with E-state index in [1.165, 1.54) is 22.5 Å². The lowest BCUT2D eigenvalue weighted by atomic mass is 9.73. The van der Waals surface area contributed by atoms with Crippen molar-refractivity contribution in [1.82, 2.24) is 9.97 Å². The van der Waals surface area contributed by atoms with Gasteiger partial charge in [-0.25, -0.2) is 9.97 Å². The van der Waals surface area contributed by atoms with Crippen LogP contribution in [0.5, 0.6) is 0 Å². The molecule has 0 saturated heterocycles. The zero-order valence-corrected chi connectivity index (χ0v) is 22.6. The van der Waals surface area contributed by atoms with Gasteiger partial charge in [-0.1, -0.05) is 111 Å². The molecular formula is C37H29N3. The SMILES string of the molecule is CC1(C)c2ccccc2N(c2ccc(-c3nc(-c4ccccc4)cc(-c4ccccc4)n3)cc2)c2ccccc21. The number of rotatable bonds is 4. The minimum atomic E-state index is -0.0802. The van der Waals surface area contributed by atoms with E-state index in [9.17, 15) is 0 Å². The predicted octanol–water partition coefficient (Wildman–Crippen LogP) is 9.59. The summed E-state index contributed by atoms with van der Waals surface area (Å²) in [6.45, 7) is 4.62. The molecule has 0 radical (unpaired) electrons. The van der Waals surface area contributed by atoms with Crippen LogP contribution in [0.2, 0.25) is 0 Å². The predicted molar refractivity (Wildman–Crippen MR) is 165 cm³/mol. The quantitative estimate of drug-likeness (QED) is 0.234. The summed E-state index contributed by atoms with van der Waals surface area (Å²) in [5, 5.41) is 0. The first-order valence-corrected chi connectivity index (χ1v) is 13.7. The van der Waals surface area contributed by atoms with Gasteiger partial charge >= 0.3 is 0 Å². The zero-order valence-electron chi connectivity index (χ0n) is 22.6. The van der Waals surface area contributed by atoms with Gasteiger partial charge in [0.05, 0.1) is 22.8 Å². The normalized spacial score (nSPS) is 13.4. The summed E-state index contributed by atoms with van der Waals surface area (Å²) >= 11 is 0. The van der Waals surface area contributed by atoms with Crippen molar-refractivity contribution in [2.24, 2.45) is 0 Å². The summed E-state index contributed by atoms with van der Waals surface area (Å²) in [7, 11) is 0. The lowest BCUT2D eigenvalue weighted by Crippen LogP contribution is -2.30. The highest BCUT2D eigenvalue weighted by Gasteiger charge is 2.36. The molecule has 0 spiro atoms. The molecule has 0 fully saturated rings. The van der Waals surface area contributed by atoms with Crippen molar-refractivity contribution >= 4 is 17.1 Å². The topological polar surface area (TPSA) is 29.0 Å². The fourth-order valence-electron chi connectivity index (χ4n) is 5.80. The van der Waals surface area contributed by atoms with Crippen molar-refractivity contribution in [3.05, 3.63) is 151 Å². The van der Waals surface area contributed by atoms with E-state index in [2.05, 4.69) is 122 Å². The van der Waals surface area contributed by atoms with Crippen LogP contribution in [-0.4, -0.2) is 9.97 Å². The van der Waals surface area contributed by atoms with Crippen LogP contribution in [0.3, 0.4) is 0 Å². The third-order valence-corrected chi connectivity index (χ3v) is 7.89. The number of nitrogens with zero attached hydrogens (tertiary/aromatic N) is 3. The van der Waals surface area contributed by atoms with Crippen molar-refractivity contribution in [2.45, 2.75) is 19.3 Å². The molecule has 1 aliphatic rings. The number of para-hydroxylation sites is 2. The third kappa shape index (κ3) is 4.07. The molecule has 6 aromatic rings. The van der Waals surface area contributed by atoms with Gasteiger partial charge in [0.15, 0.2) is 5.82 Å². The molecule has 192 valence electrons. The standard InChI is InChI=1S/C37H29N3/c1-37(2)30-17-9-11-19-34(30)40(35-20-12-10-18-31(35)37)29-23-21-28(22-24-29)36-38-32(26-13-5-3-6-14-26)25-33(39-36)27-15-7-4-8-16-27/h3-25H,1-2H3. The highest BCUT2D eigenvalue weighted by atomic mass is 15.2. The van der Waals surface area contributed by atoms with Gasteiger partial charge in [-0.05, 0) is 53.6 Å². The molecule has 0 aliphatic carbocycles. The monoisotopic (exact) mass is 515 g/mol. The van der Waals surface area contributed by atoms with E-state index >= 15 is 0 Å². The van der Waals surface area contributed by atoms with Crippen LogP contribution in [-0.2, 0) is 5.41 Å². The van der Waals surface area contributed by atoms with Gasteiger partial charge in [0.25, 0.3) is 0 Å². The Morgan fingerprint density at radius 3 is 1.43 bits per heavy atom. The number of aromatic nitrogens is 2. The van der Waals surface area contributed by atoms with Crippen LogP contribution >= 0.6 is 0 Å². The minimum Gasteiger partial charge on any atom is -0.310 e. The molecule has 2 heterocycles. The Kier molecular flexibility index (Phi) is 5.78. The minimum absolute atomic E-state index is 0.0802. The maximum atomic E-state index is 5.01. The van der Waals surface area contributed by atoms with E-state index in [0.29, 0.717) is 5.82 Å². The molecule has 5 aromatic carbocycles. The van der Waals surface area contributed by atoms with Gasteiger partial charge in [-0.15, -0.1) is 0 Å². The first kappa shape index (κ1) is 24.1. The molecule has 0 unspecified atom stereocenters. The van der Waals surface area contributed by atoms with Crippen LogP contribution in [0.15, 0.2) is 140 Å². The van der Waals surface area contributed by atoms with Crippen LogP contribution in [0.1, 0.15) is 25.0 Å². The van der Waals surface area contributed by atoms with Gasteiger partial charge in [0.1, 0.15) is 0 Å². The number of hydrogen-bond donors (Lipinski definition) is 0. The molecule has 0 bridgehead atoms. The second-order valence-corrected chi connectivity index (χ2v) is 10.7. The number of hydrogen-bond acceptors (Lipinski definition) is 3. The van der Waals surface area contributed by atoms with E-state index in [1.54, 1.807) is 0 Å². The van der Waals surface area contributed by atoms with Crippen molar-refractivity contribution in [3.8, 4) is 33.9 Å². The maximum Gasteiger partial charge on any atom is 0.160 e. The smallest absolute Gasteiger partial charge is 0.160 e.